The summed E-state index contributed by atoms with van der Waals surface area (Å²) in [5, 5.41) is 15.1. The summed E-state index contributed by atoms with van der Waals surface area (Å²) in [6.45, 7) is 2.11. The first-order valence-electron chi connectivity index (χ1n) is 10.6. The zero-order valence-electron chi connectivity index (χ0n) is 18.3. The van der Waals surface area contributed by atoms with Crippen LogP contribution in [-0.2, 0) is 32.2 Å². The van der Waals surface area contributed by atoms with E-state index in [1.165, 1.54) is 35.2 Å². The van der Waals surface area contributed by atoms with Crippen molar-refractivity contribution in [3.8, 4) is 5.75 Å². The first-order chi connectivity index (χ1) is 16.4. The van der Waals surface area contributed by atoms with Gasteiger partial charge < -0.3 is 29.6 Å². The molecule has 0 aliphatic carbocycles. The first kappa shape index (κ1) is 23.2. The van der Waals surface area contributed by atoms with E-state index in [0.717, 1.165) is 0 Å². The Balaban J connectivity index is 1.60. The van der Waals surface area contributed by atoms with Crippen LogP contribution in [0.3, 0.4) is 0 Å². The number of anilines is 1. The fraction of sp³-hybridized carbons (Fsp3) is 0.304. The number of hydrogen-bond donors (Lipinski definition) is 2. The maximum atomic E-state index is 14.2. The molecule has 2 N–H and O–H groups in total. The number of amides is 2. The highest BCUT2D eigenvalue weighted by Gasteiger charge is 2.36. The van der Waals surface area contributed by atoms with E-state index in [1.54, 1.807) is 6.92 Å². The van der Waals surface area contributed by atoms with E-state index in [-0.39, 0.29) is 50.8 Å². The summed E-state index contributed by atoms with van der Waals surface area (Å²) in [4.78, 5) is 38.3. The number of halogens is 1. The first-order valence-corrected chi connectivity index (χ1v) is 10.6. The smallest absolute Gasteiger partial charge is 0.307 e. The van der Waals surface area contributed by atoms with Crippen LogP contribution in [-0.4, -0.2) is 48.6 Å². The molecule has 2 heterocycles. The summed E-state index contributed by atoms with van der Waals surface area (Å²) >= 11 is 0. The van der Waals surface area contributed by atoms with Gasteiger partial charge in [-0.2, -0.15) is 0 Å². The van der Waals surface area contributed by atoms with Crippen LogP contribution in [0.2, 0.25) is 0 Å². The van der Waals surface area contributed by atoms with Crippen molar-refractivity contribution in [2.45, 2.75) is 26.5 Å². The number of fused-ring (bicyclic) bond motifs is 2. The van der Waals surface area contributed by atoms with E-state index in [2.05, 4.69) is 10.5 Å². The lowest BCUT2D eigenvalue weighted by atomic mass is 10.1. The van der Waals surface area contributed by atoms with Crippen molar-refractivity contribution in [1.82, 2.24) is 5.32 Å². The minimum Gasteiger partial charge on any atom is -0.467 e. The maximum Gasteiger partial charge on any atom is 0.307 e. The molecule has 0 aromatic heterocycles. The number of ether oxygens (including phenoxy) is 3. The number of rotatable bonds is 7. The molecular formula is C23H22FN3O7. The summed E-state index contributed by atoms with van der Waals surface area (Å²) in [6.07, 6.45) is 0.0187. The Morgan fingerprint density at radius 1 is 1.29 bits per heavy atom. The third-order valence-corrected chi connectivity index (χ3v) is 5.35. The Labute approximate surface area is 193 Å². The van der Waals surface area contributed by atoms with Gasteiger partial charge in [0.05, 0.1) is 31.9 Å². The quantitative estimate of drug-likeness (QED) is 0.360. The molecular weight excluding hydrogens is 449 g/mol. The number of oxime groups is 1. The third-order valence-electron chi connectivity index (χ3n) is 5.35. The monoisotopic (exact) mass is 471 g/mol. The molecule has 0 saturated carbocycles. The summed E-state index contributed by atoms with van der Waals surface area (Å²) in [5.41, 5.74) is 1.59. The van der Waals surface area contributed by atoms with Crippen LogP contribution in [0.1, 0.15) is 40.4 Å². The summed E-state index contributed by atoms with van der Waals surface area (Å²) in [6, 6.07) is 7.01. The highest BCUT2D eigenvalue weighted by molar-refractivity contribution is 6.54. The maximum absolute atomic E-state index is 14.2. The van der Waals surface area contributed by atoms with Crippen molar-refractivity contribution in [2.75, 3.05) is 24.8 Å². The summed E-state index contributed by atoms with van der Waals surface area (Å²) in [7, 11) is 0. The zero-order chi connectivity index (χ0) is 24.2. The number of carbonyl (C=O) groups is 3. The number of nitrogens with zero attached hydrogens (tertiary/aromatic N) is 2. The Kier molecular flexibility index (Phi) is 6.73. The van der Waals surface area contributed by atoms with Crippen molar-refractivity contribution in [1.29, 1.82) is 0 Å². The topological polar surface area (TPSA) is 127 Å². The van der Waals surface area contributed by atoms with Gasteiger partial charge >= 0.3 is 5.97 Å². The number of nitrogens with one attached hydrogen (secondary N) is 1. The minimum absolute atomic E-state index is 0.00433. The van der Waals surface area contributed by atoms with E-state index >= 15 is 0 Å². The molecule has 2 aliphatic heterocycles. The number of hydrogen-bond acceptors (Lipinski definition) is 8. The molecule has 11 heteroatoms. The fourth-order valence-corrected chi connectivity index (χ4v) is 3.86. The van der Waals surface area contributed by atoms with Crippen molar-refractivity contribution in [3.05, 3.63) is 58.4 Å². The fourth-order valence-electron chi connectivity index (χ4n) is 3.86. The van der Waals surface area contributed by atoms with Gasteiger partial charge in [-0.25, -0.2) is 4.39 Å². The molecule has 2 aromatic rings. The van der Waals surface area contributed by atoms with E-state index < -0.39 is 23.6 Å². The summed E-state index contributed by atoms with van der Waals surface area (Å²) in [5.74, 6) is -1.59. The predicted molar refractivity (Wildman–Crippen MR) is 116 cm³/mol. The minimum atomic E-state index is -0.609. The molecule has 2 aromatic carbocycles. The average Bonchev–Trinajstić information content (AvgIpc) is 3.09. The molecule has 2 amide bonds. The number of carbonyl (C=O) groups excluding carboxylic acids is 3. The van der Waals surface area contributed by atoms with E-state index in [9.17, 15) is 24.0 Å². The van der Waals surface area contributed by atoms with Gasteiger partial charge in [-0.1, -0.05) is 5.16 Å². The molecule has 0 fully saturated rings. The van der Waals surface area contributed by atoms with Crippen LogP contribution in [0.4, 0.5) is 10.1 Å². The SMILES string of the molecule is CCOC(=O)CCNC(=O)c1ccc2c(c1)N(Cc1cc(F)cc3c1OCOC3)C(=O)/C2=N\O. The average molecular weight is 471 g/mol. The van der Waals surface area contributed by atoms with Gasteiger partial charge in [-0.15, -0.1) is 0 Å². The van der Waals surface area contributed by atoms with Gasteiger partial charge in [0, 0.05) is 28.8 Å². The molecule has 0 unspecified atom stereocenters. The van der Waals surface area contributed by atoms with Gasteiger partial charge in [0.25, 0.3) is 11.8 Å². The molecule has 178 valence electrons. The Morgan fingerprint density at radius 2 is 2.12 bits per heavy atom. The number of benzene rings is 2. The van der Waals surface area contributed by atoms with Gasteiger partial charge in [0.2, 0.25) is 0 Å². The van der Waals surface area contributed by atoms with E-state index in [4.69, 9.17) is 14.2 Å². The van der Waals surface area contributed by atoms with Crippen LogP contribution in [0, 0.1) is 5.82 Å². The zero-order valence-corrected chi connectivity index (χ0v) is 18.3. The molecule has 0 atom stereocenters. The lowest BCUT2D eigenvalue weighted by Crippen LogP contribution is -2.30. The lowest BCUT2D eigenvalue weighted by molar-refractivity contribution is -0.142. The Morgan fingerprint density at radius 3 is 2.88 bits per heavy atom. The third kappa shape index (κ3) is 4.55. The summed E-state index contributed by atoms with van der Waals surface area (Å²) < 4.78 is 29.7. The molecule has 0 radical (unpaired) electrons. The largest absolute Gasteiger partial charge is 0.467 e. The van der Waals surface area contributed by atoms with Crippen LogP contribution >= 0.6 is 0 Å². The van der Waals surface area contributed by atoms with Gasteiger partial charge in [0.1, 0.15) is 11.6 Å². The van der Waals surface area contributed by atoms with Crippen molar-refractivity contribution >= 4 is 29.2 Å². The van der Waals surface area contributed by atoms with Crippen molar-refractivity contribution in [2.24, 2.45) is 5.16 Å². The van der Waals surface area contributed by atoms with E-state index in [1.807, 2.05) is 0 Å². The van der Waals surface area contributed by atoms with Gasteiger partial charge in [-0.05, 0) is 37.3 Å². The molecule has 4 rings (SSSR count). The number of esters is 1. The van der Waals surface area contributed by atoms with Gasteiger partial charge in [0.15, 0.2) is 12.5 Å². The molecule has 0 bridgehead atoms. The Bertz CT molecular complexity index is 1180. The molecule has 0 spiro atoms. The predicted octanol–water partition coefficient (Wildman–Crippen LogP) is 2.10. The molecule has 34 heavy (non-hydrogen) atoms. The normalized spacial score (nSPS) is 15.5. The van der Waals surface area contributed by atoms with Crippen LogP contribution in [0.15, 0.2) is 35.5 Å². The van der Waals surface area contributed by atoms with Crippen LogP contribution in [0.25, 0.3) is 0 Å². The standard InChI is InChI=1S/C23H22FN3O7/c1-2-33-19(28)5-6-25-22(29)13-3-4-17-18(9-13)27(23(30)20(17)26-31)10-14-7-16(24)8-15-11-32-12-34-21(14)15/h3-4,7-9,31H,2,5-6,10-12H2,1H3,(H,25,29)/b26-20-. The van der Waals surface area contributed by atoms with Crippen molar-refractivity contribution < 1.29 is 38.2 Å². The van der Waals surface area contributed by atoms with Gasteiger partial charge in [-0.3, -0.25) is 14.4 Å². The molecule has 0 saturated heterocycles. The molecule has 2 aliphatic rings. The molecule has 10 nitrogen and oxygen atoms in total. The second kappa shape index (κ2) is 9.87. The highest BCUT2D eigenvalue weighted by Crippen LogP contribution is 2.36. The van der Waals surface area contributed by atoms with Crippen molar-refractivity contribution in [3.63, 3.8) is 0 Å². The Hall–Kier alpha value is -3.99. The lowest BCUT2D eigenvalue weighted by Gasteiger charge is -2.24. The second-order valence-corrected chi connectivity index (χ2v) is 7.55. The van der Waals surface area contributed by atoms with E-state index in [0.29, 0.717) is 28.1 Å². The highest BCUT2D eigenvalue weighted by atomic mass is 19.1. The second-order valence-electron chi connectivity index (χ2n) is 7.55. The van der Waals surface area contributed by atoms with Crippen LogP contribution < -0.4 is 15.0 Å². The van der Waals surface area contributed by atoms with Crippen LogP contribution in [0.5, 0.6) is 5.75 Å².